The molecule has 1 aliphatic rings. The minimum atomic E-state index is -0.318. The van der Waals surface area contributed by atoms with Crippen molar-refractivity contribution in [1.29, 1.82) is 0 Å². The molecule has 1 aromatic rings. The van der Waals surface area contributed by atoms with Gasteiger partial charge in [0, 0.05) is 24.0 Å². The maximum absolute atomic E-state index is 10.7. The molecule has 1 unspecified atom stereocenters. The normalized spacial score (nSPS) is 19.9. The van der Waals surface area contributed by atoms with Crippen molar-refractivity contribution in [3.8, 4) is 0 Å². The molecule has 1 aliphatic heterocycles. The summed E-state index contributed by atoms with van der Waals surface area (Å²) < 4.78 is 0. The lowest BCUT2D eigenvalue weighted by Gasteiger charge is -2.35. The fourth-order valence-electron chi connectivity index (χ4n) is 2.56. The Morgan fingerprint density at radius 2 is 2.32 bits per heavy atom. The van der Waals surface area contributed by atoms with Crippen LogP contribution in [0.3, 0.4) is 0 Å². The Hall–Kier alpha value is -0.690. The van der Waals surface area contributed by atoms with E-state index in [1.165, 1.54) is 30.6 Å². The molecule has 0 bridgehead atoms. The highest BCUT2D eigenvalue weighted by atomic mass is 35.5. The molecule has 0 aliphatic carbocycles. The summed E-state index contributed by atoms with van der Waals surface area (Å²) >= 11 is 1.21. The zero-order valence-electron chi connectivity index (χ0n) is 10.8. The van der Waals surface area contributed by atoms with Crippen molar-refractivity contribution in [2.75, 3.05) is 13.1 Å². The highest BCUT2D eigenvalue weighted by molar-refractivity contribution is 7.13. The summed E-state index contributed by atoms with van der Waals surface area (Å²) in [6.45, 7) is 2.61. The van der Waals surface area contributed by atoms with Crippen LogP contribution < -0.4 is 5.73 Å². The number of nitrogens with two attached hydrogens (primary N) is 1. The van der Waals surface area contributed by atoms with Crippen LogP contribution in [-0.4, -0.2) is 29.0 Å². The van der Waals surface area contributed by atoms with E-state index < -0.39 is 0 Å². The van der Waals surface area contributed by atoms with Crippen LogP contribution in [-0.2, 0) is 6.54 Å². The van der Waals surface area contributed by atoms with Crippen molar-refractivity contribution < 1.29 is 4.92 Å². The van der Waals surface area contributed by atoms with Crippen molar-refractivity contribution >= 4 is 28.7 Å². The van der Waals surface area contributed by atoms with E-state index in [1.807, 2.05) is 5.38 Å². The third-order valence-corrected chi connectivity index (χ3v) is 4.38. The molecule has 19 heavy (non-hydrogen) atoms. The average Bonchev–Trinajstić information content (AvgIpc) is 2.81. The van der Waals surface area contributed by atoms with E-state index in [-0.39, 0.29) is 22.3 Å². The fraction of sp³-hybridized carbons (Fsp3) is 0.667. The van der Waals surface area contributed by atoms with Gasteiger partial charge >= 0.3 is 5.00 Å². The molecular formula is C12H20ClN3O2S. The van der Waals surface area contributed by atoms with Crippen LogP contribution in [0.2, 0.25) is 0 Å². The number of piperidine rings is 1. The maximum Gasteiger partial charge on any atom is 0.324 e. The first kappa shape index (κ1) is 16.4. The van der Waals surface area contributed by atoms with Gasteiger partial charge in [0.05, 0.1) is 4.92 Å². The monoisotopic (exact) mass is 305 g/mol. The molecule has 0 saturated carbocycles. The number of hydrogen-bond acceptors (Lipinski definition) is 5. The number of nitro groups is 1. The Morgan fingerprint density at radius 3 is 2.95 bits per heavy atom. The van der Waals surface area contributed by atoms with Crippen LogP contribution in [0.5, 0.6) is 0 Å². The summed E-state index contributed by atoms with van der Waals surface area (Å²) in [4.78, 5) is 12.8. The Balaban J connectivity index is 0.00000180. The van der Waals surface area contributed by atoms with E-state index in [2.05, 4.69) is 4.90 Å². The molecule has 0 amide bonds. The molecule has 2 rings (SSSR count). The van der Waals surface area contributed by atoms with Gasteiger partial charge in [-0.3, -0.25) is 15.0 Å². The molecule has 108 valence electrons. The van der Waals surface area contributed by atoms with Crippen molar-refractivity contribution in [2.45, 2.75) is 38.3 Å². The van der Waals surface area contributed by atoms with Gasteiger partial charge in [-0.1, -0.05) is 17.8 Å². The number of likely N-dealkylation sites (tertiary alicyclic amines) is 1. The van der Waals surface area contributed by atoms with Crippen LogP contribution >= 0.6 is 23.7 Å². The fourth-order valence-corrected chi connectivity index (χ4v) is 3.28. The summed E-state index contributed by atoms with van der Waals surface area (Å²) in [6.07, 6.45) is 4.70. The predicted molar refractivity (Wildman–Crippen MR) is 79.9 cm³/mol. The van der Waals surface area contributed by atoms with Crippen LogP contribution in [0.1, 0.15) is 31.2 Å². The smallest absolute Gasteiger partial charge is 0.324 e. The Labute approximate surface area is 123 Å². The second kappa shape index (κ2) is 7.79. The topological polar surface area (TPSA) is 72.4 Å². The van der Waals surface area contributed by atoms with E-state index in [0.717, 1.165) is 25.1 Å². The lowest BCUT2D eigenvalue weighted by molar-refractivity contribution is -0.380. The van der Waals surface area contributed by atoms with Gasteiger partial charge in [-0.25, -0.2) is 0 Å². The molecule has 2 N–H and O–H groups in total. The summed E-state index contributed by atoms with van der Waals surface area (Å²) in [5.41, 5.74) is 6.70. The van der Waals surface area contributed by atoms with Gasteiger partial charge < -0.3 is 5.73 Å². The highest BCUT2D eigenvalue weighted by Crippen LogP contribution is 2.26. The molecule has 5 nitrogen and oxygen atoms in total. The van der Waals surface area contributed by atoms with Crippen LogP contribution in [0, 0.1) is 10.1 Å². The first-order valence-corrected chi connectivity index (χ1v) is 7.24. The molecule has 7 heteroatoms. The first-order valence-electron chi connectivity index (χ1n) is 6.36. The van der Waals surface area contributed by atoms with E-state index >= 15 is 0 Å². The van der Waals surface area contributed by atoms with Gasteiger partial charge in [0.15, 0.2) is 0 Å². The standard InChI is InChI=1S/C12H19N3O2S.ClH/c13-5-4-11-3-1-2-6-14(11)8-10-7-12(15(16)17)18-9-10;/h7,9,11H,1-6,8,13H2;1H. The molecule has 1 fully saturated rings. The molecular weight excluding hydrogens is 286 g/mol. The number of halogens is 1. The first-order chi connectivity index (χ1) is 8.70. The Morgan fingerprint density at radius 1 is 1.53 bits per heavy atom. The molecule has 1 saturated heterocycles. The lowest BCUT2D eigenvalue weighted by Crippen LogP contribution is -2.39. The number of hydrogen-bond donors (Lipinski definition) is 1. The van der Waals surface area contributed by atoms with E-state index in [0.29, 0.717) is 12.6 Å². The molecule has 1 aromatic heterocycles. The lowest BCUT2D eigenvalue weighted by atomic mass is 9.99. The SMILES string of the molecule is Cl.NCCC1CCCCN1Cc1csc([N+](=O)[O-])c1. The average molecular weight is 306 g/mol. The van der Waals surface area contributed by atoms with Crippen LogP contribution in [0.25, 0.3) is 0 Å². The summed E-state index contributed by atoms with van der Waals surface area (Å²) in [5.74, 6) is 0. The van der Waals surface area contributed by atoms with Crippen molar-refractivity contribution in [3.05, 3.63) is 27.1 Å². The second-order valence-corrected chi connectivity index (χ2v) is 5.64. The molecule has 1 atom stereocenters. The van der Waals surface area contributed by atoms with Crippen LogP contribution in [0.4, 0.5) is 5.00 Å². The Kier molecular flexibility index (Phi) is 6.71. The zero-order chi connectivity index (χ0) is 13.0. The quantitative estimate of drug-likeness (QED) is 0.670. The summed E-state index contributed by atoms with van der Waals surface area (Å²) in [6, 6.07) is 2.24. The van der Waals surface area contributed by atoms with Gasteiger partial charge in [-0.15, -0.1) is 12.4 Å². The van der Waals surface area contributed by atoms with Gasteiger partial charge in [0.1, 0.15) is 0 Å². The van der Waals surface area contributed by atoms with Crippen molar-refractivity contribution in [3.63, 3.8) is 0 Å². The van der Waals surface area contributed by atoms with Crippen molar-refractivity contribution in [2.24, 2.45) is 5.73 Å². The maximum atomic E-state index is 10.7. The van der Waals surface area contributed by atoms with Gasteiger partial charge in [-0.05, 0) is 37.9 Å². The number of thiophene rings is 1. The summed E-state index contributed by atoms with van der Waals surface area (Å²) in [5, 5.41) is 12.8. The summed E-state index contributed by atoms with van der Waals surface area (Å²) in [7, 11) is 0. The minimum Gasteiger partial charge on any atom is -0.330 e. The molecule has 0 spiro atoms. The van der Waals surface area contributed by atoms with Gasteiger partial charge in [-0.2, -0.15) is 0 Å². The third kappa shape index (κ3) is 4.42. The number of nitrogens with zero attached hydrogens (tertiary/aromatic N) is 2. The molecule has 2 heterocycles. The van der Waals surface area contributed by atoms with Crippen LogP contribution in [0.15, 0.2) is 11.4 Å². The van der Waals surface area contributed by atoms with E-state index in [9.17, 15) is 10.1 Å². The zero-order valence-corrected chi connectivity index (χ0v) is 12.4. The molecule has 0 radical (unpaired) electrons. The predicted octanol–water partition coefficient (Wildman–Crippen LogP) is 2.78. The molecule has 0 aromatic carbocycles. The van der Waals surface area contributed by atoms with E-state index in [4.69, 9.17) is 5.73 Å². The minimum absolute atomic E-state index is 0. The van der Waals surface area contributed by atoms with Gasteiger partial charge in [0.2, 0.25) is 0 Å². The van der Waals surface area contributed by atoms with Gasteiger partial charge in [0.25, 0.3) is 0 Å². The number of rotatable bonds is 5. The third-order valence-electron chi connectivity index (χ3n) is 3.45. The largest absolute Gasteiger partial charge is 0.330 e. The van der Waals surface area contributed by atoms with E-state index in [1.54, 1.807) is 6.07 Å². The second-order valence-electron chi connectivity index (χ2n) is 4.75. The highest BCUT2D eigenvalue weighted by Gasteiger charge is 2.22. The van der Waals surface area contributed by atoms with Crippen molar-refractivity contribution in [1.82, 2.24) is 4.90 Å². The Bertz CT molecular complexity index is 411.